The molecule has 2 aromatic heterocycles. The highest BCUT2D eigenvalue weighted by atomic mass is 16.5. The molecule has 0 aliphatic heterocycles. The van der Waals surface area contributed by atoms with Gasteiger partial charge in [-0.3, -0.25) is 0 Å². The Morgan fingerprint density at radius 1 is 1.00 bits per heavy atom. The lowest BCUT2D eigenvalue weighted by molar-refractivity contribution is 0.0600. The Kier molecular flexibility index (Phi) is 4.73. The van der Waals surface area contributed by atoms with E-state index >= 15 is 0 Å². The highest BCUT2D eigenvalue weighted by molar-refractivity contribution is 5.89. The summed E-state index contributed by atoms with van der Waals surface area (Å²) in [5.41, 5.74) is 6.80. The maximum atomic E-state index is 11.7. The average Bonchev–Trinajstić information content (AvgIpc) is 3.13. The summed E-state index contributed by atoms with van der Waals surface area (Å²) in [7, 11) is 1.40. The Morgan fingerprint density at radius 2 is 1.74 bits per heavy atom. The second kappa shape index (κ2) is 7.18. The second-order valence-corrected chi connectivity index (χ2v) is 7.73. The van der Waals surface area contributed by atoms with Gasteiger partial charge in [0.25, 0.3) is 0 Å². The number of hydrogen-bond acceptors (Lipinski definition) is 3. The first kappa shape index (κ1) is 17.8. The van der Waals surface area contributed by atoms with Gasteiger partial charge in [0.1, 0.15) is 5.65 Å². The van der Waals surface area contributed by atoms with Gasteiger partial charge in [-0.25, -0.2) is 9.78 Å². The van der Waals surface area contributed by atoms with E-state index in [0.29, 0.717) is 17.4 Å². The van der Waals surface area contributed by atoms with Crippen LogP contribution in [0.1, 0.15) is 70.3 Å². The first-order valence-corrected chi connectivity index (χ1v) is 9.69. The van der Waals surface area contributed by atoms with Crippen molar-refractivity contribution in [2.75, 3.05) is 7.11 Å². The van der Waals surface area contributed by atoms with Crippen LogP contribution in [0.2, 0.25) is 0 Å². The SMILES string of the molecule is COC(=O)c1ccc2nc(C3CCC(c4ccc(C)c(C)c4)CC3)cn2c1. The van der Waals surface area contributed by atoms with Gasteiger partial charge in [0.15, 0.2) is 0 Å². The maximum absolute atomic E-state index is 11.7. The number of aromatic nitrogens is 2. The van der Waals surface area contributed by atoms with Crippen molar-refractivity contribution >= 4 is 11.6 Å². The number of ether oxygens (including phenoxy) is 1. The van der Waals surface area contributed by atoms with E-state index < -0.39 is 0 Å². The monoisotopic (exact) mass is 362 g/mol. The molecule has 140 valence electrons. The van der Waals surface area contributed by atoms with Gasteiger partial charge in [-0.15, -0.1) is 0 Å². The largest absolute Gasteiger partial charge is 0.465 e. The van der Waals surface area contributed by atoms with Crippen LogP contribution in [-0.4, -0.2) is 22.5 Å². The standard InChI is InChI=1S/C23H26N2O2/c1-15-4-5-19(12-16(15)2)17-6-8-18(9-7-17)21-14-25-13-20(23(26)27-3)10-11-22(25)24-21/h4-5,10-14,17-18H,6-9H2,1-3H3. The fourth-order valence-corrected chi connectivity index (χ4v) is 4.19. The summed E-state index contributed by atoms with van der Waals surface area (Å²) < 4.78 is 6.75. The number of carbonyl (C=O) groups excluding carboxylic acids is 1. The number of nitrogens with zero attached hydrogens (tertiary/aromatic N) is 2. The van der Waals surface area contributed by atoms with Gasteiger partial charge in [-0.2, -0.15) is 0 Å². The third-order valence-electron chi connectivity index (χ3n) is 6.04. The second-order valence-electron chi connectivity index (χ2n) is 7.73. The topological polar surface area (TPSA) is 43.6 Å². The first-order valence-electron chi connectivity index (χ1n) is 9.69. The number of esters is 1. The van der Waals surface area contributed by atoms with E-state index in [1.54, 1.807) is 12.3 Å². The molecule has 1 aliphatic carbocycles. The molecular formula is C23H26N2O2. The molecule has 0 amide bonds. The van der Waals surface area contributed by atoms with Crippen molar-refractivity contribution in [2.24, 2.45) is 0 Å². The molecule has 0 N–H and O–H groups in total. The number of imidazole rings is 1. The zero-order valence-corrected chi connectivity index (χ0v) is 16.2. The van der Waals surface area contributed by atoms with E-state index in [1.807, 2.05) is 10.5 Å². The third kappa shape index (κ3) is 3.48. The number of hydrogen-bond donors (Lipinski definition) is 0. The summed E-state index contributed by atoms with van der Waals surface area (Å²) >= 11 is 0. The van der Waals surface area contributed by atoms with E-state index in [1.165, 1.54) is 36.6 Å². The van der Waals surface area contributed by atoms with Crippen molar-refractivity contribution in [3.05, 3.63) is 70.7 Å². The minimum Gasteiger partial charge on any atom is -0.465 e. The van der Waals surface area contributed by atoms with Crippen molar-refractivity contribution in [3.63, 3.8) is 0 Å². The molecule has 0 atom stereocenters. The van der Waals surface area contributed by atoms with Crippen molar-refractivity contribution in [3.8, 4) is 0 Å². The maximum Gasteiger partial charge on any atom is 0.339 e. The number of pyridine rings is 1. The van der Waals surface area contributed by atoms with E-state index in [9.17, 15) is 4.79 Å². The van der Waals surface area contributed by atoms with E-state index in [4.69, 9.17) is 9.72 Å². The van der Waals surface area contributed by atoms with Crippen molar-refractivity contribution in [1.82, 2.24) is 9.38 Å². The van der Waals surface area contributed by atoms with Crippen LogP contribution >= 0.6 is 0 Å². The number of aryl methyl sites for hydroxylation is 2. The Bertz CT molecular complexity index is 981. The van der Waals surface area contributed by atoms with Crippen LogP contribution in [-0.2, 0) is 4.74 Å². The molecule has 0 bridgehead atoms. The van der Waals surface area contributed by atoms with Crippen LogP contribution in [0.15, 0.2) is 42.7 Å². The van der Waals surface area contributed by atoms with Gasteiger partial charge < -0.3 is 9.14 Å². The number of rotatable bonds is 3. The lowest BCUT2D eigenvalue weighted by Crippen LogP contribution is -2.12. The molecule has 4 nitrogen and oxygen atoms in total. The Hall–Kier alpha value is -2.62. The Labute approximate surface area is 160 Å². The molecule has 4 rings (SSSR count). The molecule has 1 saturated carbocycles. The van der Waals surface area contributed by atoms with Crippen LogP contribution in [0.5, 0.6) is 0 Å². The molecule has 4 heteroatoms. The number of methoxy groups -OCH3 is 1. The highest BCUT2D eigenvalue weighted by Gasteiger charge is 2.25. The molecule has 3 aromatic rings. The number of carbonyl (C=O) groups is 1. The van der Waals surface area contributed by atoms with Crippen LogP contribution in [0.4, 0.5) is 0 Å². The number of fused-ring (bicyclic) bond motifs is 1. The van der Waals surface area contributed by atoms with Crippen LogP contribution in [0.3, 0.4) is 0 Å². The fraction of sp³-hybridized carbons (Fsp3) is 0.391. The average molecular weight is 362 g/mol. The summed E-state index contributed by atoms with van der Waals surface area (Å²) in [4.78, 5) is 16.5. The summed E-state index contributed by atoms with van der Waals surface area (Å²) in [6.45, 7) is 4.37. The van der Waals surface area contributed by atoms with Gasteiger partial charge in [0, 0.05) is 18.3 Å². The van der Waals surface area contributed by atoms with Gasteiger partial charge in [-0.1, -0.05) is 18.2 Å². The molecule has 0 spiro atoms. The third-order valence-corrected chi connectivity index (χ3v) is 6.04. The highest BCUT2D eigenvalue weighted by Crippen LogP contribution is 2.40. The van der Waals surface area contributed by atoms with Gasteiger partial charge in [-0.05, 0) is 74.3 Å². The Balaban J connectivity index is 1.49. The first-order chi connectivity index (χ1) is 13.0. The molecule has 0 radical (unpaired) electrons. The predicted octanol–water partition coefficient (Wildman–Crippen LogP) is 5.18. The predicted molar refractivity (Wildman–Crippen MR) is 106 cm³/mol. The summed E-state index contributed by atoms with van der Waals surface area (Å²) in [6, 6.07) is 10.6. The molecule has 0 unspecified atom stereocenters. The minimum absolute atomic E-state index is 0.318. The van der Waals surface area contributed by atoms with E-state index in [-0.39, 0.29) is 5.97 Å². The molecule has 2 heterocycles. The lowest BCUT2D eigenvalue weighted by Gasteiger charge is -2.28. The summed E-state index contributed by atoms with van der Waals surface area (Å²) in [6.07, 6.45) is 8.60. The van der Waals surface area contributed by atoms with E-state index in [0.717, 1.165) is 24.2 Å². The molecule has 1 aromatic carbocycles. The van der Waals surface area contributed by atoms with Gasteiger partial charge in [0.2, 0.25) is 0 Å². The van der Waals surface area contributed by atoms with Gasteiger partial charge >= 0.3 is 5.97 Å². The quantitative estimate of drug-likeness (QED) is 0.603. The van der Waals surface area contributed by atoms with Gasteiger partial charge in [0.05, 0.1) is 18.4 Å². The number of benzene rings is 1. The molecule has 1 aliphatic rings. The molecular weight excluding hydrogens is 336 g/mol. The zero-order valence-electron chi connectivity index (χ0n) is 16.2. The molecule has 0 saturated heterocycles. The normalized spacial score (nSPS) is 20.0. The fourth-order valence-electron chi connectivity index (χ4n) is 4.19. The lowest BCUT2D eigenvalue weighted by atomic mass is 9.77. The molecule has 27 heavy (non-hydrogen) atoms. The van der Waals surface area contributed by atoms with Crippen molar-refractivity contribution < 1.29 is 9.53 Å². The van der Waals surface area contributed by atoms with Crippen LogP contribution < -0.4 is 0 Å². The Morgan fingerprint density at radius 3 is 2.44 bits per heavy atom. The minimum atomic E-state index is -0.318. The van der Waals surface area contributed by atoms with Crippen LogP contribution in [0, 0.1) is 13.8 Å². The molecule has 1 fully saturated rings. The summed E-state index contributed by atoms with van der Waals surface area (Å²) in [5.74, 6) is 0.832. The zero-order chi connectivity index (χ0) is 19.0. The van der Waals surface area contributed by atoms with E-state index in [2.05, 4.69) is 38.2 Å². The van der Waals surface area contributed by atoms with Crippen molar-refractivity contribution in [1.29, 1.82) is 0 Å². The van der Waals surface area contributed by atoms with Crippen LogP contribution in [0.25, 0.3) is 5.65 Å². The van der Waals surface area contributed by atoms with Crippen molar-refractivity contribution in [2.45, 2.75) is 51.4 Å². The smallest absolute Gasteiger partial charge is 0.339 e. The summed E-state index contributed by atoms with van der Waals surface area (Å²) in [5, 5.41) is 0.